The lowest BCUT2D eigenvalue weighted by Gasteiger charge is -2.33. The van der Waals surface area contributed by atoms with Crippen LogP contribution >= 0.6 is 0 Å². The molecule has 1 fully saturated rings. The Labute approximate surface area is 170 Å². The molecule has 1 saturated heterocycles. The molecule has 1 aliphatic heterocycles. The number of anilines is 1. The maximum atomic E-state index is 5.67. The van der Waals surface area contributed by atoms with Gasteiger partial charge in [-0.3, -0.25) is 0 Å². The van der Waals surface area contributed by atoms with E-state index in [0.717, 1.165) is 63.1 Å². The van der Waals surface area contributed by atoms with E-state index >= 15 is 0 Å². The number of hydrogen-bond donors (Lipinski definition) is 2. The Hall–Kier alpha value is -1.86. The first-order valence-corrected chi connectivity index (χ1v) is 10.5. The maximum absolute atomic E-state index is 5.67. The molecule has 0 aromatic carbocycles. The molecule has 1 aromatic rings. The third-order valence-corrected chi connectivity index (χ3v) is 4.78. The van der Waals surface area contributed by atoms with Crippen molar-refractivity contribution in [3.05, 3.63) is 23.9 Å². The second-order valence-corrected chi connectivity index (χ2v) is 7.76. The topological polar surface area (TPSA) is 65.0 Å². The van der Waals surface area contributed by atoms with Gasteiger partial charge in [0.2, 0.25) is 0 Å². The van der Waals surface area contributed by atoms with Gasteiger partial charge in [0.25, 0.3) is 0 Å². The molecule has 7 heteroatoms. The highest BCUT2D eigenvalue weighted by molar-refractivity contribution is 5.80. The molecule has 2 heterocycles. The first-order valence-electron chi connectivity index (χ1n) is 10.5. The van der Waals surface area contributed by atoms with E-state index in [4.69, 9.17) is 9.73 Å². The molecular formula is C21H38N6O. The zero-order valence-electron chi connectivity index (χ0n) is 18.2. The fraction of sp³-hybridized carbons (Fsp3) is 0.714. The Balaban J connectivity index is 1.82. The third-order valence-electron chi connectivity index (χ3n) is 4.78. The number of nitrogens with one attached hydrogen (secondary N) is 2. The van der Waals surface area contributed by atoms with Crippen LogP contribution in [-0.4, -0.2) is 74.9 Å². The van der Waals surface area contributed by atoms with E-state index in [-0.39, 0.29) is 0 Å². The Morgan fingerprint density at radius 2 is 2.07 bits per heavy atom. The van der Waals surface area contributed by atoms with Crippen LogP contribution < -0.4 is 15.5 Å². The molecule has 0 unspecified atom stereocenters. The highest BCUT2D eigenvalue weighted by atomic mass is 16.5. The fourth-order valence-corrected chi connectivity index (χ4v) is 3.20. The van der Waals surface area contributed by atoms with E-state index in [1.807, 2.05) is 37.2 Å². The monoisotopic (exact) mass is 390 g/mol. The van der Waals surface area contributed by atoms with E-state index in [9.17, 15) is 0 Å². The van der Waals surface area contributed by atoms with Crippen LogP contribution in [-0.2, 0) is 11.3 Å². The lowest BCUT2D eigenvalue weighted by molar-refractivity contribution is 0.0532. The number of rotatable bonds is 9. The standard InChI is InChI=1S/C21H38N6O/c1-6-22-21(23-16-19-8-7-9-20(24-19)26(4)5)25-18-10-12-27(13-11-18)14-15-28-17(2)3/h7-9,17-18H,6,10-16H2,1-5H3,(H2,22,23,25). The molecule has 0 bridgehead atoms. The van der Waals surface area contributed by atoms with Crippen molar-refractivity contribution in [2.24, 2.45) is 4.99 Å². The van der Waals surface area contributed by atoms with Crippen molar-refractivity contribution in [3.63, 3.8) is 0 Å². The molecule has 1 aliphatic rings. The van der Waals surface area contributed by atoms with Crippen LogP contribution in [0.25, 0.3) is 0 Å². The molecule has 1 aromatic heterocycles. The highest BCUT2D eigenvalue weighted by Gasteiger charge is 2.19. The van der Waals surface area contributed by atoms with Gasteiger partial charge in [0.1, 0.15) is 5.82 Å². The molecule has 0 saturated carbocycles. The number of piperidine rings is 1. The summed E-state index contributed by atoms with van der Waals surface area (Å²) in [5.74, 6) is 1.83. The first-order chi connectivity index (χ1) is 13.5. The van der Waals surface area contributed by atoms with Gasteiger partial charge in [0.05, 0.1) is 24.9 Å². The normalized spacial score (nSPS) is 16.4. The lowest BCUT2D eigenvalue weighted by Crippen LogP contribution is -2.49. The number of aliphatic imine (C=N–C) groups is 1. The predicted molar refractivity (Wildman–Crippen MR) is 117 cm³/mol. The quantitative estimate of drug-likeness (QED) is 0.497. The van der Waals surface area contributed by atoms with Crippen LogP contribution in [0, 0.1) is 0 Å². The van der Waals surface area contributed by atoms with Crippen molar-refractivity contribution < 1.29 is 4.74 Å². The second kappa shape index (κ2) is 11.9. The second-order valence-electron chi connectivity index (χ2n) is 7.76. The fourth-order valence-electron chi connectivity index (χ4n) is 3.20. The van der Waals surface area contributed by atoms with Crippen LogP contribution in [0.1, 0.15) is 39.3 Å². The Morgan fingerprint density at radius 3 is 2.71 bits per heavy atom. The van der Waals surface area contributed by atoms with Crippen LogP contribution in [0.15, 0.2) is 23.2 Å². The van der Waals surface area contributed by atoms with Crippen LogP contribution in [0.3, 0.4) is 0 Å². The van der Waals surface area contributed by atoms with Gasteiger partial charge >= 0.3 is 0 Å². The van der Waals surface area contributed by atoms with Crippen molar-refractivity contribution in [3.8, 4) is 0 Å². The third kappa shape index (κ3) is 8.02. The molecule has 2 rings (SSSR count). The van der Waals surface area contributed by atoms with Crippen molar-refractivity contribution in [1.82, 2.24) is 20.5 Å². The van der Waals surface area contributed by atoms with Gasteiger partial charge in [-0.25, -0.2) is 9.98 Å². The van der Waals surface area contributed by atoms with Gasteiger partial charge < -0.3 is 25.2 Å². The Bertz CT molecular complexity index is 596. The van der Waals surface area contributed by atoms with E-state index in [2.05, 4.69) is 41.3 Å². The first kappa shape index (κ1) is 22.4. The number of aromatic nitrogens is 1. The molecule has 0 atom stereocenters. The van der Waals surface area contributed by atoms with Crippen molar-refractivity contribution >= 4 is 11.8 Å². The van der Waals surface area contributed by atoms with Gasteiger partial charge in [-0.2, -0.15) is 0 Å². The molecule has 7 nitrogen and oxygen atoms in total. The van der Waals surface area contributed by atoms with Crippen LogP contribution in [0.2, 0.25) is 0 Å². The Kier molecular flexibility index (Phi) is 9.50. The molecule has 0 amide bonds. The summed E-state index contributed by atoms with van der Waals surface area (Å²) in [5.41, 5.74) is 0.975. The van der Waals surface area contributed by atoms with Gasteiger partial charge in [0, 0.05) is 46.3 Å². The van der Waals surface area contributed by atoms with E-state index < -0.39 is 0 Å². The summed E-state index contributed by atoms with van der Waals surface area (Å²) in [5, 5.41) is 6.96. The van der Waals surface area contributed by atoms with Gasteiger partial charge in [0.15, 0.2) is 5.96 Å². The molecule has 28 heavy (non-hydrogen) atoms. The van der Waals surface area contributed by atoms with E-state index in [0.29, 0.717) is 18.7 Å². The molecule has 0 aliphatic carbocycles. The minimum Gasteiger partial charge on any atom is -0.377 e. The summed E-state index contributed by atoms with van der Waals surface area (Å²) in [6.45, 7) is 11.7. The molecular weight excluding hydrogens is 352 g/mol. The average molecular weight is 391 g/mol. The van der Waals surface area contributed by atoms with E-state index in [1.165, 1.54) is 0 Å². The zero-order valence-corrected chi connectivity index (χ0v) is 18.2. The summed E-state index contributed by atoms with van der Waals surface area (Å²) in [7, 11) is 4.00. The zero-order chi connectivity index (χ0) is 20.4. The molecule has 158 valence electrons. The summed E-state index contributed by atoms with van der Waals surface area (Å²) in [6.07, 6.45) is 2.56. The van der Waals surface area contributed by atoms with Crippen LogP contribution in [0.5, 0.6) is 0 Å². The van der Waals surface area contributed by atoms with Crippen molar-refractivity contribution in [2.75, 3.05) is 51.8 Å². The number of guanidine groups is 1. The summed E-state index contributed by atoms with van der Waals surface area (Å²) < 4.78 is 5.67. The number of pyridine rings is 1. The minimum atomic E-state index is 0.311. The largest absolute Gasteiger partial charge is 0.377 e. The summed E-state index contributed by atoms with van der Waals surface area (Å²) in [6, 6.07) is 6.53. The average Bonchev–Trinajstić information content (AvgIpc) is 2.67. The number of hydrogen-bond acceptors (Lipinski definition) is 5. The smallest absolute Gasteiger partial charge is 0.191 e. The van der Waals surface area contributed by atoms with E-state index in [1.54, 1.807) is 0 Å². The SMILES string of the molecule is CCNC(=NCc1cccc(N(C)C)n1)NC1CCN(CCOC(C)C)CC1. The summed E-state index contributed by atoms with van der Waals surface area (Å²) >= 11 is 0. The highest BCUT2D eigenvalue weighted by Crippen LogP contribution is 2.11. The maximum Gasteiger partial charge on any atom is 0.191 e. The van der Waals surface area contributed by atoms with Crippen molar-refractivity contribution in [1.29, 1.82) is 0 Å². The lowest BCUT2D eigenvalue weighted by atomic mass is 10.1. The van der Waals surface area contributed by atoms with Gasteiger partial charge in [-0.1, -0.05) is 6.07 Å². The number of likely N-dealkylation sites (tertiary alicyclic amines) is 1. The van der Waals surface area contributed by atoms with Gasteiger partial charge in [-0.15, -0.1) is 0 Å². The molecule has 0 spiro atoms. The van der Waals surface area contributed by atoms with Crippen LogP contribution in [0.4, 0.5) is 5.82 Å². The number of nitrogens with zero attached hydrogens (tertiary/aromatic N) is 4. The predicted octanol–water partition coefficient (Wildman–Crippen LogP) is 2.09. The number of ether oxygens (including phenoxy) is 1. The van der Waals surface area contributed by atoms with Gasteiger partial charge in [-0.05, 0) is 45.7 Å². The molecule has 0 radical (unpaired) electrons. The minimum absolute atomic E-state index is 0.311. The molecule has 2 N–H and O–H groups in total. The Morgan fingerprint density at radius 1 is 1.32 bits per heavy atom. The summed E-state index contributed by atoms with van der Waals surface area (Å²) in [4.78, 5) is 13.9. The van der Waals surface area contributed by atoms with Crippen molar-refractivity contribution in [2.45, 2.75) is 52.3 Å².